The standard InChI is InChI=1S/C15H31NO3/c1-12-5-4-6-15(7-12)19-11-14(17)9-16-8-13(2)10-18-3/h12-17H,4-11H2,1-3H3. The van der Waals surface area contributed by atoms with Gasteiger partial charge in [-0.1, -0.05) is 26.7 Å². The van der Waals surface area contributed by atoms with Gasteiger partial charge in [0.25, 0.3) is 0 Å². The highest BCUT2D eigenvalue weighted by Gasteiger charge is 2.20. The average molecular weight is 273 g/mol. The molecule has 1 aliphatic carbocycles. The summed E-state index contributed by atoms with van der Waals surface area (Å²) in [5.74, 6) is 1.24. The molecule has 1 saturated carbocycles. The van der Waals surface area contributed by atoms with E-state index >= 15 is 0 Å². The van der Waals surface area contributed by atoms with Gasteiger partial charge in [0, 0.05) is 20.3 Å². The van der Waals surface area contributed by atoms with Crippen LogP contribution in [-0.2, 0) is 9.47 Å². The van der Waals surface area contributed by atoms with E-state index in [1.165, 1.54) is 12.8 Å². The molecule has 0 amide bonds. The zero-order chi connectivity index (χ0) is 14.1. The quantitative estimate of drug-likeness (QED) is 0.673. The number of aliphatic hydroxyl groups excluding tert-OH is 1. The van der Waals surface area contributed by atoms with Crippen molar-refractivity contribution in [2.24, 2.45) is 11.8 Å². The van der Waals surface area contributed by atoms with E-state index in [0.717, 1.165) is 31.9 Å². The van der Waals surface area contributed by atoms with Crippen molar-refractivity contribution >= 4 is 0 Å². The maximum atomic E-state index is 9.87. The number of aliphatic hydroxyl groups is 1. The topological polar surface area (TPSA) is 50.7 Å². The second kappa shape index (κ2) is 9.70. The van der Waals surface area contributed by atoms with Crippen LogP contribution >= 0.6 is 0 Å². The fourth-order valence-corrected chi connectivity index (χ4v) is 2.68. The highest BCUT2D eigenvalue weighted by molar-refractivity contribution is 4.71. The molecule has 0 spiro atoms. The van der Waals surface area contributed by atoms with E-state index in [4.69, 9.17) is 9.47 Å². The summed E-state index contributed by atoms with van der Waals surface area (Å²) < 4.78 is 10.9. The third-order valence-electron chi connectivity index (χ3n) is 3.74. The molecule has 0 radical (unpaired) electrons. The van der Waals surface area contributed by atoms with Gasteiger partial charge in [-0.15, -0.1) is 0 Å². The Kier molecular flexibility index (Phi) is 8.62. The minimum absolute atomic E-state index is 0.353. The molecule has 0 heterocycles. The molecule has 114 valence electrons. The third-order valence-corrected chi connectivity index (χ3v) is 3.74. The zero-order valence-electron chi connectivity index (χ0n) is 12.7. The molecular formula is C15H31NO3. The number of nitrogens with one attached hydrogen (secondary N) is 1. The highest BCUT2D eigenvalue weighted by atomic mass is 16.5. The zero-order valence-corrected chi connectivity index (χ0v) is 12.7. The van der Waals surface area contributed by atoms with Gasteiger partial charge < -0.3 is 19.9 Å². The monoisotopic (exact) mass is 273 g/mol. The molecular weight excluding hydrogens is 242 g/mol. The van der Waals surface area contributed by atoms with Gasteiger partial charge in [0.2, 0.25) is 0 Å². The van der Waals surface area contributed by atoms with Crippen LogP contribution in [0.4, 0.5) is 0 Å². The second-order valence-corrected chi connectivity index (χ2v) is 6.10. The lowest BCUT2D eigenvalue weighted by molar-refractivity contribution is -0.0308. The van der Waals surface area contributed by atoms with Crippen LogP contribution in [0.25, 0.3) is 0 Å². The number of hydrogen-bond acceptors (Lipinski definition) is 4. The normalized spacial score (nSPS) is 27.2. The average Bonchev–Trinajstić information content (AvgIpc) is 2.37. The van der Waals surface area contributed by atoms with Crippen LogP contribution in [0.3, 0.4) is 0 Å². The predicted octanol–water partition coefficient (Wildman–Crippen LogP) is 1.81. The molecule has 0 aliphatic heterocycles. The first kappa shape index (κ1) is 16.9. The molecule has 0 aromatic heterocycles. The molecule has 1 rings (SSSR count). The highest BCUT2D eigenvalue weighted by Crippen LogP contribution is 2.25. The molecule has 2 N–H and O–H groups in total. The minimum Gasteiger partial charge on any atom is -0.389 e. The lowest BCUT2D eigenvalue weighted by Gasteiger charge is -2.27. The molecule has 0 aromatic rings. The molecule has 4 unspecified atom stereocenters. The molecule has 0 bridgehead atoms. The summed E-state index contributed by atoms with van der Waals surface area (Å²) in [6.07, 6.45) is 4.81. The summed E-state index contributed by atoms with van der Waals surface area (Å²) in [5.41, 5.74) is 0. The van der Waals surface area contributed by atoms with Gasteiger partial charge in [0.1, 0.15) is 0 Å². The van der Waals surface area contributed by atoms with E-state index in [1.807, 2.05) is 0 Å². The Morgan fingerprint density at radius 1 is 1.26 bits per heavy atom. The van der Waals surface area contributed by atoms with Crippen LogP contribution in [0.5, 0.6) is 0 Å². The van der Waals surface area contributed by atoms with Gasteiger partial charge in [-0.05, 0) is 31.2 Å². The number of ether oxygens (including phenoxy) is 2. The van der Waals surface area contributed by atoms with Crippen molar-refractivity contribution in [2.45, 2.75) is 51.7 Å². The van der Waals surface area contributed by atoms with Gasteiger partial charge in [-0.2, -0.15) is 0 Å². The molecule has 1 fully saturated rings. The number of rotatable bonds is 9. The molecule has 1 aliphatic rings. The van der Waals surface area contributed by atoms with Gasteiger partial charge in [-0.3, -0.25) is 0 Å². The molecule has 19 heavy (non-hydrogen) atoms. The first-order chi connectivity index (χ1) is 9.11. The summed E-state index contributed by atoms with van der Waals surface area (Å²) in [6, 6.07) is 0. The summed E-state index contributed by atoms with van der Waals surface area (Å²) in [6.45, 7) is 7.07. The smallest absolute Gasteiger partial charge is 0.0897 e. The molecule has 0 aromatic carbocycles. The molecule has 0 saturated heterocycles. The Morgan fingerprint density at radius 3 is 2.74 bits per heavy atom. The SMILES string of the molecule is COCC(C)CNCC(O)COC1CCCC(C)C1. The third kappa shape index (κ3) is 7.88. The van der Waals surface area contributed by atoms with E-state index in [9.17, 15) is 5.11 Å². The Hall–Kier alpha value is -0.160. The van der Waals surface area contributed by atoms with Crippen molar-refractivity contribution in [2.75, 3.05) is 33.4 Å². The first-order valence-electron chi connectivity index (χ1n) is 7.61. The van der Waals surface area contributed by atoms with Crippen molar-refractivity contribution in [1.82, 2.24) is 5.32 Å². The van der Waals surface area contributed by atoms with Crippen LogP contribution in [0, 0.1) is 11.8 Å². The molecule has 4 heteroatoms. The minimum atomic E-state index is -0.410. The van der Waals surface area contributed by atoms with Crippen LogP contribution in [0.1, 0.15) is 39.5 Å². The second-order valence-electron chi connectivity index (χ2n) is 6.10. The predicted molar refractivity (Wildman–Crippen MR) is 77.3 cm³/mol. The van der Waals surface area contributed by atoms with Crippen molar-refractivity contribution < 1.29 is 14.6 Å². The van der Waals surface area contributed by atoms with E-state index in [2.05, 4.69) is 19.2 Å². The van der Waals surface area contributed by atoms with E-state index in [0.29, 0.717) is 25.2 Å². The number of methoxy groups -OCH3 is 1. The van der Waals surface area contributed by atoms with Crippen molar-refractivity contribution in [3.63, 3.8) is 0 Å². The summed E-state index contributed by atoms with van der Waals surface area (Å²) >= 11 is 0. The Balaban J connectivity index is 2.02. The molecule has 4 nitrogen and oxygen atoms in total. The van der Waals surface area contributed by atoms with Gasteiger partial charge in [-0.25, -0.2) is 0 Å². The van der Waals surface area contributed by atoms with Crippen LogP contribution in [-0.4, -0.2) is 50.7 Å². The lowest BCUT2D eigenvalue weighted by atomic mass is 9.89. The Morgan fingerprint density at radius 2 is 2.05 bits per heavy atom. The lowest BCUT2D eigenvalue weighted by Crippen LogP contribution is -2.35. The summed E-state index contributed by atoms with van der Waals surface area (Å²) in [5, 5.41) is 13.1. The summed E-state index contributed by atoms with van der Waals surface area (Å²) in [4.78, 5) is 0. The van der Waals surface area contributed by atoms with E-state index < -0.39 is 6.10 Å². The van der Waals surface area contributed by atoms with Crippen LogP contribution in [0.2, 0.25) is 0 Å². The van der Waals surface area contributed by atoms with Crippen molar-refractivity contribution in [3.05, 3.63) is 0 Å². The Bertz CT molecular complexity index is 225. The van der Waals surface area contributed by atoms with Crippen LogP contribution in [0.15, 0.2) is 0 Å². The maximum absolute atomic E-state index is 9.87. The van der Waals surface area contributed by atoms with Crippen LogP contribution < -0.4 is 5.32 Å². The van der Waals surface area contributed by atoms with Gasteiger partial charge >= 0.3 is 0 Å². The van der Waals surface area contributed by atoms with E-state index in [1.54, 1.807) is 7.11 Å². The fraction of sp³-hybridized carbons (Fsp3) is 1.00. The largest absolute Gasteiger partial charge is 0.389 e. The van der Waals surface area contributed by atoms with Gasteiger partial charge in [0.15, 0.2) is 0 Å². The Labute approximate surface area is 117 Å². The molecule has 4 atom stereocenters. The maximum Gasteiger partial charge on any atom is 0.0897 e. The van der Waals surface area contributed by atoms with Gasteiger partial charge in [0.05, 0.1) is 18.8 Å². The number of hydrogen-bond donors (Lipinski definition) is 2. The first-order valence-corrected chi connectivity index (χ1v) is 7.61. The van der Waals surface area contributed by atoms with Crippen molar-refractivity contribution in [3.8, 4) is 0 Å². The fourth-order valence-electron chi connectivity index (χ4n) is 2.68. The van der Waals surface area contributed by atoms with Crippen molar-refractivity contribution in [1.29, 1.82) is 0 Å². The summed E-state index contributed by atoms with van der Waals surface area (Å²) in [7, 11) is 1.71. The van der Waals surface area contributed by atoms with E-state index in [-0.39, 0.29) is 0 Å².